The largest absolute Gasteiger partial charge is 0.493 e. The molecule has 1 atom stereocenters. The molecule has 0 amide bonds. The van der Waals surface area contributed by atoms with Crippen molar-refractivity contribution in [3.8, 4) is 11.5 Å². The number of carbonyl (C=O) groups is 1. The minimum Gasteiger partial charge on any atom is -0.493 e. The summed E-state index contributed by atoms with van der Waals surface area (Å²) >= 11 is 6.28. The van der Waals surface area contributed by atoms with Crippen molar-refractivity contribution in [2.45, 2.75) is 38.4 Å². The van der Waals surface area contributed by atoms with Crippen molar-refractivity contribution in [2.24, 2.45) is 0 Å². The number of likely N-dealkylation sites (tertiary alicyclic amines) is 1. The van der Waals surface area contributed by atoms with E-state index in [0.29, 0.717) is 41.3 Å². The fourth-order valence-electron chi connectivity index (χ4n) is 4.39. The summed E-state index contributed by atoms with van der Waals surface area (Å²) in [6, 6.07) is 11.0. The number of hydrogen-bond acceptors (Lipinski definition) is 8. The third-order valence-corrected chi connectivity index (χ3v) is 6.30. The SMILES string of the molecule is COC(=O)C1CCCCN1Cc1nc(NCc2cccc(OC)c2OC)c2cc(Cl)ccc2n1. The van der Waals surface area contributed by atoms with Crippen LogP contribution in [0.15, 0.2) is 36.4 Å². The number of aromatic nitrogens is 2. The molecule has 0 spiro atoms. The van der Waals surface area contributed by atoms with Gasteiger partial charge < -0.3 is 19.5 Å². The summed E-state index contributed by atoms with van der Waals surface area (Å²) in [6.45, 7) is 1.72. The number of hydrogen-bond donors (Lipinski definition) is 1. The van der Waals surface area contributed by atoms with Crippen molar-refractivity contribution in [1.82, 2.24) is 14.9 Å². The van der Waals surface area contributed by atoms with Crippen molar-refractivity contribution < 1.29 is 19.0 Å². The van der Waals surface area contributed by atoms with E-state index in [2.05, 4.69) is 10.2 Å². The first-order valence-corrected chi connectivity index (χ1v) is 11.6. The summed E-state index contributed by atoms with van der Waals surface area (Å²) in [5, 5.41) is 4.85. The van der Waals surface area contributed by atoms with Crippen LogP contribution in [0.1, 0.15) is 30.7 Å². The zero-order chi connectivity index (χ0) is 24.1. The van der Waals surface area contributed by atoms with Crippen LogP contribution in [-0.2, 0) is 22.6 Å². The van der Waals surface area contributed by atoms with Crippen LogP contribution in [0.3, 0.4) is 0 Å². The van der Waals surface area contributed by atoms with Gasteiger partial charge in [-0.1, -0.05) is 30.2 Å². The number of benzene rings is 2. The molecule has 180 valence electrons. The van der Waals surface area contributed by atoms with Gasteiger partial charge in [0.15, 0.2) is 11.5 Å². The van der Waals surface area contributed by atoms with Crippen LogP contribution in [0.25, 0.3) is 10.9 Å². The fourth-order valence-corrected chi connectivity index (χ4v) is 4.56. The van der Waals surface area contributed by atoms with Gasteiger partial charge >= 0.3 is 5.97 Å². The number of methoxy groups -OCH3 is 3. The monoisotopic (exact) mass is 484 g/mol. The number of rotatable bonds is 8. The normalized spacial score (nSPS) is 16.3. The van der Waals surface area contributed by atoms with E-state index >= 15 is 0 Å². The van der Waals surface area contributed by atoms with Gasteiger partial charge in [0.2, 0.25) is 0 Å². The summed E-state index contributed by atoms with van der Waals surface area (Å²) in [7, 11) is 4.67. The Morgan fingerprint density at radius 3 is 2.76 bits per heavy atom. The molecule has 0 radical (unpaired) electrons. The van der Waals surface area contributed by atoms with Crippen LogP contribution in [0.2, 0.25) is 5.02 Å². The molecule has 8 nitrogen and oxygen atoms in total. The molecule has 3 aromatic rings. The van der Waals surface area contributed by atoms with E-state index in [-0.39, 0.29) is 12.0 Å². The Balaban J connectivity index is 1.65. The van der Waals surface area contributed by atoms with E-state index in [1.165, 1.54) is 7.11 Å². The zero-order valence-electron chi connectivity index (χ0n) is 19.6. The number of carbonyl (C=O) groups excluding carboxylic acids is 1. The quantitative estimate of drug-likeness (QED) is 0.470. The Bertz CT molecular complexity index is 1170. The number of nitrogens with zero attached hydrogens (tertiary/aromatic N) is 3. The van der Waals surface area contributed by atoms with Crippen LogP contribution >= 0.6 is 11.6 Å². The Kier molecular flexibility index (Phi) is 7.70. The van der Waals surface area contributed by atoms with E-state index < -0.39 is 0 Å². The molecule has 4 rings (SSSR count). The van der Waals surface area contributed by atoms with Gasteiger partial charge in [-0.3, -0.25) is 9.69 Å². The molecule has 0 bridgehead atoms. The molecule has 2 aromatic carbocycles. The minimum absolute atomic E-state index is 0.212. The van der Waals surface area contributed by atoms with Crippen LogP contribution in [0.5, 0.6) is 11.5 Å². The average molecular weight is 485 g/mol. The number of esters is 1. The molecule has 34 heavy (non-hydrogen) atoms. The number of ether oxygens (including phenoxy) is 3. The van der Waals surface area contributed by atoms with Gasteiger partial charge in [-0.15, -0.1) is 0 Å². The van der Waals surface area contributed by atoms with Crippen molar-refractivity contribution in [2.75, 3.05) is 33.2 Å². The molecule has 2 heterocycles. The van der Waals surface area contributed by atoms with Crippen molar-refractivity contribution in [1.29, 1.82) is 0 Å². The van der Waals surface area contributed by atoms with Crippen LogP contribution in [0.4, 0.5) is 5.82 Å². The van der Waals surface area contributed by atoms with Gasteiger partial charge in [-0.05, 0) is 43.7 Å². The molecule has 1 saturated heterocycles. The Morgan fingerprint density at radius 1 is 1.15 bits per heavy atom. The van der Waals surface area contributed by atoms with Crippen molar-refractivity contribution in [3.05, 3.63) is 52.8 Å². The molecule has 1 unspecified atom stereocenters. The van der Waals surface area contributed by atoms with E-state index in [4.69, 9.17) is 35.8 Å². The highest BCUT2D eigenvalue weighted by molar-refractivity contribution is 6.31. The van der Waals surface area contributed by atoms with Crippen molar-refractivity contribution in [3.63, 3.8) is 0 Å². The van der Waals surface area contributed by atoms with Gasteiger partial charge in [0, 0.05) is 22.5 Å². The van der Waals surface area contributed by atoms with E-state index in [0.717, 1.165) is 42.3 Å². The molecule has 1 N–H and O–H groups in total. The Hall–Kier alpha value is -3.10. The number of piperidine rings is 1. The minimum atomic E-state index is -0.277. The summed E-state index contributed by atoms with van der Waals surface area (Å²) in [6.07, 6.45) is 2.80. The predicted octanol–water partition coefficient (Wildman–Crippen LogP) is 4.44. The lowest BCUT2D eigenvalue weighted by Gasteiger charge is -2.33. The number of anilines is 1. The summed E-state index contributed by atoms with van der Waals surface area (Å²) in [4.78, 5) is 24.0. The molecule has 1 aliphatic heterocycles. The number of nitrogens with one attached hydrogen (secondary N) is 1. The maximum absolute atomic E-state index is 12.3. The highest BCUT2D eigenvalue weighted by Crippen LogP contribution is 2.32. The third-order valence-electron chi connectivity index (χ3n) is 6.07. The topological polar surface area (TPSA) is 85.8 Å². The second kappa shape index (κ2) is 10.9. The van der Waals surface area contributed by atoms with E-state index in [1.54, 1.807) is 14.2 Å². The summed E-state index contributed by atoms with van der Waals surface area (Å²) < 4.78 is 16.0. The van der Waals surface area contributed by atoms with E-state index in [9.17, 15) is 4.79 Å². The lowest BCUT2D eigenvalue weighted by molar-refractivity contribution is -0.148. The summed E-state index contributed by atoms with van der Waals surface area (Å²) in [5.74, 6) is 2.42. The summed E-state index contributed by atoms with van der Waals surface area (Å²) in [5.41, 5.74) is 1.71. The smallest absolute Gasteiger partial charge is 0.323 e. The van der Waals surface area contributed by atoms with Crippen LogP contribution in [-0.4, -0.2) is 54.8 Å². The first-order chi connectivity index (χ1) is 16.5. The van der Waals surface area contributed by atoms with Crippen molar-refractivity contribution >= 4 is 34.3 Å². The standard InChI is InChI=1S/C25H29ClN4O4/c1-32-21-9-6-7-16(23(21)33-2)14-27-24-18-13-17(26)10-11-19(18)28-22(29-24)15-30-12-5-4-8-20(30)25(31)34-3/h6-7,9-11,13,20H,4-5,8,12,14-15H2,1-3H3,(H,27,28,29). The fraction of sp³-hybridized carbons (Fsp3) is 0.400. The molecular formula is C25H29ClN4O4. The second-order valence-corrected chi connectivity index (χ2v) is 8.60. The molecule has 1 fully saturated rings. The Labute approximate surface area is 204 Å². The highest BCUT2D eigenvalue weighted by atomic mass is 35.5. The number of halogens is 1. The number of para-hydroxylation sites is 1. The third kappa shape index (κ3) is 5.18. The maximum atomic E-state index is 12.3. The highest BCUT2D eigenvalue weighted by Gasteiger charge is 2.30. The molecular weight excluding hydrogens is 456 g/mol. The first kappa shape index (κ1) is 24.0. The average Bonchev–Trinajstić information content (AvgIpc) is 2.87. The second-order valence-electron chi connectivity index (χ2n) is 8.16. The van der Waals surface area contributed by atoms with Gasteiger partial charge in [0.1, 0.15) is 17.7 Å². The van der Waals surface area contributed by atoms with Gasteiger partial charge in [-0.2, -0.15) is 0 Å². The van der Waals surface area contributed by atoms with Gasteiger partial charge in [-0.25, -0.2) is 9.97 Å². The van der Waals surface area contributed by atoms with Crippen LogP contribution in [0, 0.1) is 0 Å². The molecule has 0 saturated carbocycles. The van der Waals surface area contributed by atoms with Gasteiger partial charge in [0.05, 0.1) is 33.4 Å². The maximum Gasteiger partial charge on any atom is 0.323 e. The lowest BCUT2D eigenvalue weighted by atomic mass is 10.0. The molecule has 0 aliphatic carbocycles. The number of fused-ring (bicyclic) bond motifs is 1. The van der Waals surface area contributed by atoms with Crippen LogP contribution < -0.4 is 14.8 Å². The first-order valence-electron chi connectivity index (χ1n) is 11.3. The van der Waals surface area contributed by atoms with Gasteiger partial charge in [0.25, 0.3) is 0 Å². The molecule has 9 heteroatoms. The molecule has 1 aliphatic rings. The predicted molar refractivity (Wildman–Crippen MR) is 131 cm³/mol. The van der Waals surface area contributed by atoms with E-state index in [1.807, 2.05) is 36.4 Å². The Morgan fingerprint density at radius 2 is 2.00 bits per heavy atom. The zero-order valence-corrected chi connectivity index (χ0v) is 20.4. The molecule has 1 aromatic heterocycles. The lowest BCUT2D eigenvalue weighted by Crippen LogP contribution is -2.44.